The van der Waals surface area contributed by atoms with Crippen LogP contribution in [0.4, 0.5) is 0 Å². The molecule has 9 heteroatoms. The number of carbonyl (C=O) groups is 1. The minimum atomic E-state index is -4.06. The van der Waals surface area contributed by atoms with Crippen LogP contribution >= 0.6 is 23.2 Å². The lowest BCUT2D eigenvalue weighted by atomic mass is 10.0. The third-order valence-corrected chi connectivity index (χ3v) is 7.83. The van der Waals surface area contributed by atoms with E-state index < -0.39 is 15.9 Å². The number of aromatic amines is 1. The predicted octanol–water partition coefficient (Wildman–Crippen LogP) is 6.67. The van der Waals surface area contributed by atoms with Crippen molar-refractivity contribution in [3.63, 3.8) is 0 Å². The van der Waals surface area contributed by atoms with Gasteiger partial charge in [-0.2, -0.15) is 0 Å². The van der Waals surface area contributed by atoms with Gasteiger partial charge in [-0.1, -0.05) is 42.6 Å². The highest BCUT2D eigenvalue weighted by Crippen LogP contribution is 2.29. The number of aromatic nitrogens is 1. The van der Waals surface area contributed by atoms with Gasteiger partial charge in [0.1, 0.15) is 5.75 Å². The average Bonchev–Trinajstić information content (AvgIpc) is 3.15. The molecule has 4 rings (SSSR count). The Morgan fingerprint density at radius 1 is 1.03 bits per heavy atom. The van der Waals surface area contributed by atoms with Crippen molar-refractivity contribution in [2.45, 2.75) is 38.0 Å². The average molecular weight is 545 g/mol. The standard InChI is InChI=1S/C27H26Cl2N2O4S/c1-3-4-13-35-21-8-10-22(11-9-21)36(33,34)31-27(32)19-6-12-26-24(15-19)23(17(2)30-26)14-18-5-7-20(28)16-25(18)29/h5-12,15-16,30H,3-4,13-14H2,1-2H3,(H,31,32). The summed E-state index contributed by atoms with van der Waals surface area (Å²) < 4.78 is 33.4. The Morgan fingerprint density at radius 3 is 2.47 bits per heavy atom. The van der Waals surface area contributed by atoms with Crippen molar-refractivity contribution in [3.05, 3.63) is 93.1 Å². The lowest BCUT2D eigenvalue weighted by molar-refractivity contribution is 0.0981. The van der Waals surface area contributed by atoms with E-state index in [9.17, 15) is 13.2 Å². The Kier molecular flexibility index (Phi) is 7.93. The van der Waals surface area contributed by atoms with Crippen molar-refractivity contribution in [2.75, 3.05) is 6.61 Å². The summed E-state index contributed by atoms with van der Waals surface area (Å²) >= 11 is 12.4. The Bertz CT molecular complexity index is 1510. The van der Waals surface area contributed by atoms with Crippen LogP contribution in [0, 0.1) is 6.92 Å². The van der Waals surface area contributed by atoms with E-state index in [1.165, 1.54) is 12.1 Å². The summed E-state index contributed by atoms with van der Waals surface area (Å²) in [7, 11) is -4.06. The molecular weight excluding hydrogens is 519 g/mol. The normalized spacial score (nSPS) is 11.6. The highest BCUT2D eigenvalue weighted by atomic mass is 35.5. The summed E-state index contributed by atoms with van der Waals surface area (Å²) in [6.45, 7) is 4.57. The molecule has 0 unspecified atom stereocenters. The zero-order valence-electron chi connectivity index (χ0n) is 19.9. The van der Waals surface area contributed by atoms with Gasteiger partial charge in [-0.25, -0.2) is 13.1 Å². The fraction of sp³-hybridized carbons (Fsp3) is 0.222. The van der Waals surface area contributed by atoms with Crippen LogP contribution in [-0.4, -0.2) is 25.9 Å². The Hall–Kier alpha value is -3.00. The molecule has 1 amide bonds. The maximum Gasteiger partial charge on any atom is 0.265 e. The van der Waals surface area contributed by atoms with E-state index in [2.05, 4.69) is 16.6 Å². The van der Waals surface area contributed by atoms with Gasteiger partial charge in [0, 0.05) is 38.6 Å². The number of benzene rings is 3. The molecule has 0 aliphatic carbocycles. The molecule has 188 valence electrons. The number of H-pyrrole nitrogens is 1. The quantitative estimate of drug-likeness (QED) is 0.230. The zero-order valence-corrected chi connectivity index (χ0v) is 22.2. The number of rotatable bonds is 9. The molecule has 0 radical (unpaired) electrons. The topological polar surface area (TPSA) is 88.3 Å². The van der Waals surface area contributed by atoms with Crippen LogP contribution in [0.3, 0.4) is 0 Å². The van der Waals surface area contributed by atoms with Gasteiger partial charge >= 0.3 is 0 Å². The third kappa shape index (κ3) is 5.86. The van der Waals surface area contributed by atoms with Gasteiger partial charge in [-0.3, -0.25) is 4.79 Å². The molecule has 0 bridgehead atoms. The highest BCUT2D eigenvalue weighted by molar-refractivity contribution is 7.90. The molecule has 6 nitrogen and oxygen atoms in total. The number of aryl methyl sites for hydroxylation is 1. The van der Waals surface area contributed by atoms with E-state index in [-0.39, 0.29) is 10.5 Å². The van der Waals surface area contributed by atoms with Gasteiger partial charge < -0.3 is 9.72 Å². The first kappa shape index (κ1) is 26.1. The predicted molar refractivity (Wildman–Crippen MR) is 144 cm³/mol. The summed E-state index contributed by atoms with van der Waals surface area (Å²) in [5, 5.41) is 1.92. The maximum atomic E-state index is 12.9. The van der Waals surface area contributed by atoms with Gasteiger partial charge in [0.05, 0.1) is 11.5 Å². The van der Waals surface area contributed by atoms with E-state index in [1.807, 2.05) is 13.0 Å². The number of hydrogen-bond acceptors (Lipinski definition) is 4. The van der Waals surface area contributed by atoms with Crippen molar-refractivity contribution in [3.8, 4) is 5.75 Å². The van der Waals surface area contributed by atoms with Crippen molar-refractivity contribution < 1.29 is 17.9 Å². The fourth-order valence-corrected chi connectivity index (χ4v) is 5.35. The number of halogens is 2. The lowest BCUT2D eigenvalue weighted by Gasteiger charge is -2.09. The van der Waals surface area contributed by atoms with Gasteiger partial charge in [0.25, 0.3) is 15.9 Å². The van der Waals surface area contributed by atoms with E-state index >= 15 is 0 Å². The minimum absolute atomic E-state index is 0.0182. The Labute approximate surface area is 220 Å². The van der Waals surface area contributed by atoms with Crippen LogP contribution in [0.15, 0.2) is 65.6 Å². The van der Waals surface area contributed by atoms with Crippen molar-refractivity contribution in [2.24, 2.45) is 0 Å². The number of ether oxygens (including phenoxy) is 1. The van der Waals surface area contributed by atoms with E-state index in [0.29, 0.717) is 28.8 Å². The highest BCUT2D eigenvalue weighted by Gasteiger charge is 2.20. The smallest absolute Gasteiger partial charge is 0.265 e. The third-order valence-electron chi connectivity index (χ3n) is 5.89. The van der Waals surface area contributed by atoms with Crippen LogP contribution < -0.4 is 9.46 Å². The number of unbranched alkanes of at least 4 members (excludes halogenated alkanes) is 1. The molecule has 4 aromatic rings. The molecule has 36 heavy (non-hydrogen) atoms. The second kappa shape index (κ2) is 10.9. The number of nitrogens with one attached hydrogen (secondary N) is 2. The van der Waals surface area contributed by atoms with E-state index in [0.717, 1.165) is 40.6 Å². The van der Waals surface area contributed by atoms with Crippen LogP contribution in [0.1, 0.15) is 46.9 Å². The molecule has 0 fully saturated rings. The van der Waals surface area contributed by atoms with Gasteiger partial charge in [-0.05, 0) is 79.1 Å². The summed E-state index contributed by atoms with van der Waals surface area (Å²) in [4.78, 5) is 16.2. The first-order chi connectivity index (χ1) is 17.2. The first-order valence-corrected chi connectivity index (χ1v) is 13.8. The number of amides is 1. The second-order valence-electron chi connectivity index (χ2n) is 8.51. The maximum absolute atomic E-state index is 12.9. The monoisotopic (exact) mass is 544 g/mol. The van der Waals surface area contributed by atoms with Crippen LogP contribution in [-0.2, 0) is 16.4 Å². The zero-order chi connectivity index (χ0) is 25.9. The van der Waals surface area contributed by atoms with Gasteiger partial charge in [0.15, 0.2) is 0 Å². The summed E-state index contributed by atoms with van der Waals surface area (Å²) in [5.74, 6) is -0.134. The molecule has 3 aromatic carbocycles. The fourth-order valence-electron chi connectivity index (χ4n) is 3.90. The number of hydrogen-bond donors (Lipinski definition) is 2. The second-order valence-corrected chi connectivity index (χ2v) is 11.0. The number of carbonyl (C=O) groups excluding carboxylic acids is 1. The van der Waals surface area contributed by atoms with Crippen molar-refractivity contribution >= 4 is 50.0 Å². The van der Waals surface area contributed by atoms with Crippen molar-refractivity contribution in [1.82, 2.24) is 9.71 Å². The molecule has 1 aromatic heterocycles. The van der Waals surface area contributed by atoms with Gasteiger partial charge in [-0.15, -0.1) is 0 Å². The molecule has 1 heterocycles. The number of fused-ring (bicyclic) bond motifs is 1. The van der Waals surface area contributed by atoms with Crippen LogP contribution in [0.25, 0.3) is 10.9 Å². The molecule has 2 N–H and O–H groups in total. The molecule has 0 aliphatic rings. The molecule has 0 atom stereocenters. The van der Waals surface area contributed by atoms with E-state index in [4.69, 9.17) is 27.9 Å². The first-order valence-electron chi connectivity index (χ1n) is 11.5. The summed E-state index contributed by atoms with van der Waals surface area (Å²) in [6.07, 6.45) is 2.44. The van der Waals surface area contributed by atoms with Crippen molar-refractivity contribution in [1.29, 1.82) is 0 Å². The SMILES string of the molecule is CCCCOc1ccc(S(=O)(=O)NC(=O)c2ccc3[nH]c(C)c(Cc4ccc(Cl)cc4Cl)c3c2)cc1. The molecule has 0 saturated heterocycles. The van der Waals surface area contributed by atoms with Crippen LogP contribution in [0.5, 0.6) is 5.75 Å². The molecule has 0 spiro atoms. The largest absolute Gasteiger partial charge is 0.494 e. The van der Waals surface area contributed by atoms with Gasteiger partial charge in [0.2, 0.25) is 0 Å². The Morgan fingerprint density at radius 2 is 1.78 bits per heavy atom. The molecule has 0 saturated carbocycles. The minimum Gasteiger partial charge on any atom is -0.494 e. The van der Waals surface area contributed by atoms with Crippen LogP contribution in [0.2, 0.25) is 10.0 Å². The molecular formula is C27H26Cl2N2O4S. The Balaban J connectivity index is 1.55. The van der Waals surface area contributed by atoms with E-state index in [1.54, 1.807) is 42.5 Å². The molecule has 0 aliphatic heterocycles. The lowest BCUT2D eigenvalue weighted by Crippen LogP contribution is -2.30. The summed E-state index contributed by atoms with van der Waals surface area (Å²) in [5.41, 5.74) is 3.86. The number of sulfonamides is 1. The summed E-state index contributed by atoms with van der Waals surface area (Å²) in [6, 6.07) is 16.4.